The van der Waals surface area contributed by atoms with Gasteiger partial charge in [0.15, 0.2) is 5.13 Å². The minimum atomic E-state index is -0.408. The van der Waals surface area contributed by atoms with Crippen molar-refractivity contribution in [3.63, 3.8) is 0 Å². The van der Waals surface area contributed by atoms with Crippen molar-refractivity contribution < 1.29 is 9.59 Å². The first-order valence-electron chi connectivity index (χ1n) is 7.98. The van der Waals surface area contributed by atoms with Crippen LogP contribution in [0.2, 0.25) is 0 Å². The lowest BCUT2D eigenvalue weighted by Gasteiger charge is -2.05. The Morgan fingerprint density at radius 3 is 2.38 bits per heavy atom. The topological polar surface area (TPSA) is 83.1 Å². The van der Waals surface area contributed by atoms with E-state index in [1.807, 2.05) is 62.4 Å². The molecule has 7 heteroatoms. The number of carbonyl (C=O) groups excluding carboxylic acids is 2. The van der Waals surface area contributed by atoms with Crippen LogP contribution in [0.15, 0.2) is 53.9 Å². The first-order chi connectivity index (χ1) is 12.5. The van der Waals surface area contributed by atoms with Gasteiger partial charge in [0, 0.05) is 16.8 Å². The molecule has 0 saturated carbocycles. The molecule has 3 N–H and O–H groups in total. The van der Waals surface area contributed by atoms with Gasteiger partial charge in [-0.3, -0.25) is 10.1 Å². The van der Waals surface area contributed by atoms with Crippen molar-refractivity contribution in [3.8, 4) is 0 Å². The molecule has 3 aromatic rings. The number of nitrogens with zero attached hydrogens (tertiary/aromatic N) is 1. The number of aromatic nitrogens is 1. The summed E-state index contributed by atoms with van der Waals surface area (Å²) in [5, 5.41) is 10.1. The predicted octanol–water partition coefficient (Wildman–Crippen LogP) is 4.66. The van der Waals surface area contributed by atoms with E-state index >= 15 is 0 Å². The summed E-state index contributed by atoms with van der Waals surface area (Å²) in [4.78, 5) is 28.4. The first-order valence-corrected chi connectivity index (χ1v) is 8.86. The van der Waals surface area contributed by atoms with Crippen molar-refractivity contribution in [3.05, 3.63) is 70.7 Å². The Balaban J connectivity index is 1.59. The van der Waals surface area contributed by atoms with Gasteiger partial charge in [0.25, 0.3) is 5.91 Å². The van der Waals surface area contributed by atoms with Gasteiger partial charge < -0.3 is 10.6 Å². The molecule has 3 rings (SSSR count). The molecule has 0 fully saturated rings. The lowest BCUT2D eigenvalue weighted by Crippen LogP contribution is -2.19. The van der Waals surface area contributed by atoms with Gasteiger partial charge in [-0.1, -0.05) is 29.8 Å². The zero-order chi connectivity index (χ0) is 18.5. The summed E-state index contributed by atoms with van der Waals surface area (Å²) in [6.45, 7) is 3.93. The molecule has 3 amide bonds. The van der Waals surface area contributed by atoms with Gasteiger partial charge in [-0.05, 0) is 43.7 Å². The molecule has 0 aliphatic carbocycles. The Morgan fingerprint density at radius 1 is 0.885 bits per heavy atom. The molecule has 0 aliphatic heterocycles. The van der Waals surface area contributed by atoms with Gasteiger partial charge in [-0.2, -0.15) is 0 Å². The quantitative estimate of drug-likeness (QED) is 0.628. The van der Waals surface area contributed by atoms with Crippen molar-refractivity contribution >= 4 is 39.8 Å². The molecule has 132 valence electrons. The summed E-state index contributed by atoms with van der Waals surface area (Å²) >= 11 is 1.19. The van der Waals surface area contributed by atoms with E-state index in [1.54, 1.807) is 5.38 Å². The molecule has 0 atom stereocenters. The maximum Gasteiger partial charge on any atom is 0.325 e. The fourth-order valence-electron chi connectivity index (χ4n) is 2.25. The SMILES string of the molecule is Cc1ccc(NC(=O)Nc2nc(C(=O)Nc3cccc(C)c3)cs2)cc1. The number of anilines is 3. The molecule has 0 aliphatic rings. The summed E-state index contributed by atoms with van der Waals surface area (Å²) in [6.07, 6.45) is 0. The highest BCUT2D eigenvalue weighted by Gasteiger charge is 2.13. The second-order valence-electron chi connectivity index (χ2n) is 5.81. The van der Waals surface area contributed by atoms with Crippen LogP contribution in [0.3, 0.4) is 0 Å². The highest BCUT2D eigenvalue weighted by atomic mass is 32.1. The number of nitrogens with one attached hydrogen (secondary N) is 3. The van der Waals surface area contributed by atoms with Gasteiger partial charge in [-0.25, -0.2) is 9.78 Å². The molecule has 2 aromatic carbocycles. The molecule has 26 heavy (non-hydrogen) atoms. The van der Waals surface area contributed by atoms with E-state index in [9.17, 15) is 9.59 Å². The number of hydrogen-bond acceptors (Lipinski definition) is 4. The largest absolute Gasteiger partial charge is 0.325 e. The van der Waals surface area contributed by atoms with E-state index in [4.69, 9.17) is 0 Å². The average molecular weight is 366 g/mol. The summed E-state index contributed by atoms with van der Waals surface area (Å²) in [6, 6.07) is 14.5. The Morgan fingerprint density at radius 2 is 1.65 bits per heavy atom. The van der Waals surface area contributed by atoms with E-state index in [-0.39, 0.29) is 11.6 Å². The standard InChI is InChI=1S/C19H18N4O2S/c1-12-6-8-14(9-7-12)21-18(25)23-19-22-16(11-26-19)17(24)20-15-5-3-4-13(2)10-15/h3-11H,1-2H3,(H,20,24)(H2,21,22,23,25). The summed E-state index contributed by atoms with van der Waals surface area (Å²) in [5.41, 5.74) is 3.80. The third-order valence-corrected chi connectivity index (χ3v) is 4.30. The van der Waals surface area contributed by atoms with Crippen LogP contribution in [0.5, 0.6) is 0 Å². The number of thiazole rings is 1. The Bertz CT molecular complexity index is 935. The number of benzene rings is 2. The van der Waals surface area contributed by atoms with Crippen LogP contribution in [-0.2, 0) is 0 Å². The monoisotopic (exact) mass is 366 g/mol. The molecule has 0 bridgehead atoms. The number of carbonyl (C=O) groups is 2. The smallest absolute Gasteiger partial charge is 0.321 e. The van der Waals surface area contributed by atoms with Crippen molar-refractivity contribution in [2.45, 2.75) is 13.8 Å². The molecule has 1 heterocycles. The Labute approximate surface area is 155 Å². The third-order valence-electron chi connectivity index (χ3n) is 3.54. The van der Waals surface area contributed by atoms with Crippen LogP contribution in [0, 0.1) is 13.8 Å². The highest BCUT2D eigenvalue weighted by Crippen LogP contribution is 2.18. The van der Waals surface area contributed by atoms with Gasteiger partial charge in [0.1, 0.15) is 5.69 Å². The van der Waals surface area contributed by atoms with Gasteiger partial charge in [-0.15, -0.1) is 11.3 Å². The summed E-state index contributed by atoms with van der Waals surface area (Å²) in [7, 11) is 0. The fraction of sp³-hybridized carbons (Fsp3) is 0.105. The summed E-state index contributed by atoms with van der Waals surface area (Å²) < 4.78 is 0. The van der Waals surface area contributed by atoms with Gasteiger partial charge in [0.2, 0.25) is 0 Å². The zero-order valence-electron chi connectivity index (χ0n) is 14.4. The fourth-order valence-corrected chi connectivity index (χ4v) is 2.94. The van der Waals surface area contributed by atoms with Gasteiger partial charge >= 0.3 is 6.03 Å². The molecule has 6 nitrogen and oxygen atoms in total. The predicted molar refractivity (Wildman–Crippen MR) is 105 cm³/mol. The van der Waals surface area contributed by atoms with Crippen LogP contribution in [0.25, 0.3) is 0 Å². The molecule has 0 spiro atoms. The molecule has 0 saturated heterocycles. The molecular weight excluding hydrogens is 348 g/mol. The lowest BCUT2D eigenvalue weighted by atomic mass is 10.2. The Hall–Kier alpha value is -3.19. The van der Waals surface area contributed by atoms with E-state index in [0.717, 1.165) is 11.1 Å². The minimum absolute atomic E-state index is 0.252. The second kappa shape index (κ2) is 7.79. The second-order valence-corrected chi connectivity index (χ2v) is 6.66. The first kappa shape index (κ1) is 17.6. The summed E-state index contributed by atoms with van der Waals surface area (Å²) in [5.74, 6) is -0.321. The number of hydrogen-bond donors (Lipinski definition) is 3. The minimum Gasteiger partial charge on any atom is -0.321 e. The van der Waals surface area contributed by atoms with Gasteiger partial charge in [0.05, 0.1) is 0 Å². The highest BCUT2D eigenvalue weighted by molar-refractivity contribution is 7.14. The lowest BCUT2D eigenvalue weighted by molar-refractivity contribution is 0.102. The van der Waals surface area contributed by atoms with Crippen molar-refractivity contribution in [2.75, 3.05) is 16.0 Å². The zero-order valence-corrected chi connectivity index (χ0v) is 15.2. The van der Waals surface area contributed by atoms with Crippen LogP contribution in [-0.4, -0.2) is 16.9 Å². The average Bonchev–Trinajstić information content (AvgIpc) is 3.05. The van der Waals surface area contributed by atoms with Crippen molar-refractivity contribution in [1.82, 2.24) is 4.98 Å². The van der Waals surface area contributed by atoms with Crippen LogP contribution < -0.4 is 16.0 Å². The number of amides is 3. The maximum absolute atomic E-state index is 12.3. The van der Waals surface area contributed by atoms with Crippen molar-refractivity contribution in [2.24, 2.45) is 0 Å². The Kier molecular flexibility index (Phi) is 5.28. The number of urea groups is 1. The molecule has 0 unspecified atom stereocenters. The molecular formula is C19H18N4O2S. The van der Waals surface area contributed by atoms with Crippen molar-refractivity contribution in [1.29, 1.82) is 0 Å². The van der Waals surface area contributed by atoms with Crippen LogP contribution in [0.1, 0.15) is 21.6 Å². The van der Waals surface area contributed by atoms with Crippen LogP contribution >= 0.6 is 11.3 Å². The van der Waals surface area contributed by atoms with E-state index in [2.05, 4.69) is 20.9 Å². The maximum atomic E-state index is 12.3. The number of aryl methyl sites for hydroxylation is 2. The number of rotatable bonds is 4. The third kappa shape index (κ3) is 4.67. The normalized spacial score (nSPS) is 10.2. The molecule has 0 radical (unpaired) electrons. The van der Waals surface area contributed by atoms with E-state index in [1.165, 1.54) is 11.3 Å². The molecule has 1 aromatic heterocycles. The van der Waals surface area contributed by atoms with E-state index < -0.39 is 6.03 Å². The van der Waals surface area contributed by atoms with Crippen LogP contribution in [0.4, 0.5) is 21.3 Å². The van der Waals surface area contributed by atoms with E-state index in [0.29, 0.717) is 16.5 Å².